The van der Waals surface area contributed by atoms with Crippen molar-refractivity contribution in [1.29, 1.82) is 0 Å². The van der Waals surface area contributed by atoms with Gasteiger partial charge in [0.2, 0.25) is 11.8 Å². The quantitative estimate of drug-likeness (QED) is 0.187. The minimum atomic E-state index is -4.56. The Hall–Kier alpha value is -5.31. The third-order valence-electron chi connectivity index (χ3n) is 10.7. The molecule has 3 aliphatic rings. The van der Waals surface area contributed by atoms with Gasteiger partial charge in [-0.05, 0) is 61.1 Å². The average Bonchev–Trinajstić information content (AvgIpc) is 3.72. The number of rotatable bonds is 11. The minimum absolute atomic E-state index is 0.0386. The van der Waals surface area contributed by atoms with Crippen LogP contribution < -0.4 is 31.1 Å². The zero-order valence-corrected chi connectivity index (χ0v) is 30.7. The van der Waals surface area contributed by atoms with Crippen LogP contribution in [0.4, 0.5) is 18.9 Å². The van der Waals surface area contributed by atoms with Crippen molar-refractivity contribution >= 4 is 30.2 Å². The molecule has 3 N–H and O–H groups in total. The Morgan fingerprint density at radius 3 is 2.29 bits per heavy atom. The van der Waals surface area contributed by atoms with E-state index in [1.165, 1.54) is 16.7 Å². The van der Waals surface area contributed by atoms with Gasteiger partial charge in [-0.25, -0.2) is 4.98 Å². The van der Waals surface area contributed by atoms with Gasteiger partial charge in [0.1, 0.15) is 34.6 Å². The highest BCUT2D eigenvalue weighted by Crippen LogP contribution is 2.43. The molecule has 1 saturated heterocycles. The number of likely N-dealkylation sites (tertiary alicyclic amines) is 1. The number of piperidine rings is 1. The first-order valence-corrected chi connectivity index (χ1v) is 18.6. The molecule has 7 rings (SSSR count). The lowest BCUT2D eigenvalue weighted by Crippen LogP contribution is -2.50. The van der Waals surface area contributed by atoms with Crippen LogP contribution in [0.3, 0.4) is 0 Å². The summed E-state index contributed by atoms with van der Waals surface area (Å²) in [6, 6.07) is 20.4. The summed E-state index contributed by atoms with van der Waals surface area (Å²) < 4.78 is 54.2. The SMILES string of the molecule is CCCNC(=O)C1CC(C)(CC(=O)N2CCC(O)(Cc3ccccc3)CC2)c2nc(B3Oc4ccccc4O3)c(NCc3cccc(C(F)(F)F)c3)c(=O)n21. The maximum atomic E-state index is 14.7. The second-order valence-corrected chi connectivity index (χ2v) is 15.0. The normalized spacial score (nSPS) is 19.9. The second kappa shape index (κ2) is 15.1. The molecule has 1 aromatic heterocycles. The number of aromatic nitrogens is 2. The third-order valence-corrected chi connectivity index (χ3v) is 10.7. The molecule has 4 aromatic rings. The standard InChI is InChI=1S/C40H43BF3N5O6/c1-3-18-45-35(51)29-23-38(2,24-32(50)48-19-16-39(53,17-20-48)22-26-10-5-4-6-11-26)37-47-34(41-54-30-14-7-8-15-31(30)55-41)33(36(52)49(29)37)46-25-27-12-9-13-28(21-27)40(42,43)44/h4-15,21,29,46,53H,3,16-20,22-25H2,1-2H3,(H,45,51). The van der Waals surface area contributed by atoms with Gasteiger partial charge in [-0.1, -0.05) is 68.4 Å². The topological polar surface area (TPSA) is 135 Å². The second-order valence-electron chi connectivity index (χ2n) is 15.0. The number of hydrogen-bond donors (Lipinski definition) is 3. The molecule has 15 heteroatoms. The van der Waals surface area contributed by atoms with Gasteiger partial charge in [-0.3, -0.25) is 19.0 Å². The molecule has 2 unspecified atom stereocenters. The number of amides is 2. The summed E-state index contributed by atoms with van der Waals surface area (Å²) in [6.07, 6.45) is -2.64. The van der Waals surface area contributed by atoms with E-state index in [-0.39, 0.29) is 48.0 Å². The third kappa shape index (κ3) is 7.93. The largest absolute Gasteiger partial charge is 0.655 e. The van der Waals surface area contributed by atoms with E-state index >= 15 is 0 Å². The fraction of sp³-hybridized carbons (Fsp3) is 0.400. The Balaban J connectivity index is 1.22. The highest BCUT2D eigenvalue weighted by Gasteiger charge is 2.50. The zero-order valence-electron chi connectivity index (χ0n) is 30.7. The number of anilines is 1. The van der Waals surface area contributed by atoms with E-state index < -0.39 is 47.4 Å². The van der Waals surface area contributed by atoms with Crippen LogP contribution in [-0.2, 0) is 34.1 Å². The van der Waals surface area contributed by atoms with Crippen LogP contribution >= 0.6 is 0 Å². The van der Waals surface area contributed by atoms with Crippen LogP contribution in [-0.4, -0.2) is 63.7 Å². The summed E-state index contributed by atoms with van der Waals surface area (Å²) in [7, 11) is -1.21. The van der Waals surface area contributed by atoms with Crippen LogP contribution in [0.5, 0.6) is 11.5 Å². The zero-order chi connectivity index (χ0) is 39.0. The van der Waals surface area contributed by atoms with Crippen LogP contribution in [0, 0.1) is 0 Å². The van der Waals surface area contributed by atoms with E-state index in [0.29, 0.717) is 56.8 Å². The number of aliphatic hydroxyl groups is 1. The number of benzene rings is 3. The van der Waals surface area contributed by atoms with E-state index in [1.807, 2.05) is 37.3 Å². The molecule has 0 aliphatic carbocycles. The number of nitrogens with zero attached hydrogens (tertiary/aromatic N) is 3. The minimum Gasteiger partial charge on any atom is -0.518 e. The van der Waals surface area contributed by atoms with Crippen LogP contribution in [0.25, 0.3) is 0 Å². The Bertz CT molecular complexity index is 2100. The molecule has 0 saturated carbocycles. The lowest BCUT2D eigenvalue weighted by atomic mass is 9.79. The first-order valence-electron chi connectivity index (χ1n) is 18.6. The number of fused-ring (bicyclic) bond motifs is 2. The molecule has 0 radical (unpaired) electrons. The lowest BCUT2D eigenvalue weighted by Gasteiger charge is -2.39. The highest BCUT2D eigenvalue weighted by atomic mass is 19.4. The van der Waals surface area contributed by atoms with E-state index in [1.54, 1.807) is 36.1 Å². The van der Waals surface area contributed by atoms with Gasteiger partial charge in [0, 0.05) is 44.4 Å². The van der Waals surface area contributed by atoms with Crippen molar-refractivity contribution in [3.8, 4) is 11.5 Å². The molecule has 55 heavy (non-hydrogen) atoms. The summed E-state index contributed by atoms with van der Waals surface area (Å²) >= 11 is 0. The van der Waals surface area contributed by atoms with Gasteiger partial charge in [0.25, 0.3) is 5.56 Å². The van der Waals surface area contributed by atoms with Gasteiger partial charge >= 0.3 is 13.3 Å². The molecule has 4 heterocycles. The number of hydrogen-bond acceptors (Lipinski definition) is 8. The fourth-order valence-electron chi connectivity index (χ4n) is 7.77. The Labute approximate surface area is 317 Å². The van der Waals surface area contributed by atoms with Crippen molar-refractivity contribution in [2.45, 2.75) is 82.2 Å². The van der Waals surface area contributed by atoms with Crippen molar-refractivity contribution in [1.82, 2.24) is 19.8 Å². The van der Waals surface area contributed by atoms with Crippen molar-refractivity contribution in [2.75, 3.05) is 25.0 Å². The molecule has 1 fully saturated rings. The molecule has 3 aromatic carbocycles. The van der Waals surface area contributed by atoms with Gasteiger partial charge < -0.3 is 29.9 Å². The fourth-order valence-corrected chi connectivity index (χ4v) is 7.77. The summed E-state index contributed by atoms with van der Waals surface area (Å²) in [6.45, 7) is 4.57. The number of nitrogens with one attached hydrogen (secondary N) is 2. The molecule has 0 spiro atoms. The van der Waals surface area contributed by atoms with Crippen molar-refractivity contribution < 1.29 is 37.2 Å². The molecule has 288 valence electrons. The van der Waals surface area contributed by atoms with Gasteiger partial charge in [0.05, 0.1) is 11.2 Å². The Kier molecular flexibility index (Phi) is 10.4. The van der Waals surface area contributed by atoms with Crippen molar-refractivity contribution in [3.63, 3.8) is 0 Å². The summed E-state index contributed by atoms with van der Waals surface area (Å²) in [4.78, 5) is 49.2. The van der Waals surface area contributed by atoms with Gasteiger partial charge in [-0.2, -0.15) is 13.2 Å². The number of carbonyl (C=O) groups is 2. The molecular formula is C40H43BF3N5O6. The monoisotopic (exact) mass is 757 g/mol. The average molecular weight is 758 g/mol. The molecule has 3 aliphatic heterocycles. The van der Waals surface area contributed by atoms with Gasteiger partial charge in [-0.15, -0.1) is 0 Å². The van der Waals surface area contributed by atoms with Crippen molar-refractivity contribution in [2.24, 2.45) is 0 Å². The van der Waals surface area contributed by atoms with Crippen LogP contribution in [0.1, 0.15) is 74.5 Å². The highest BCUT2D eigenvalue weighted by molar-refractivity contribution is 6.64. The van der Waals surface area contributed by atoms with Gasteiger partial charge in [0.15, 0.2) is 0 Å². The number of halogens is 3. The molecule has 2 amide bonds. The summed E-state index contributed by atoms with van der Waals surface area (Å²) in [5, 5.41) is 17.3. The number of para-hydroxylation sites is 2. The van der Waals surface area contributed by atoms with Crippen LogP contribution in [0.2, 0.25) is 0 Å². The summed E-state index contributed by atoms with van der Waals surface area (Å²) in [5.74, 6) is 0.401. The molecule has 2 atom stereocenters. The number of alkyl halides is 3. The number of carbonyl (C=O) groups excluding carboxylic acids is 2. The Morgan fingerprint density at radius 1 is 0.982 bits per heavy atom. The van der Waals surface area contributed by atoms with E-state index in [4.69, 9.17) is 14.3 Å². The van der Waals surface area contributed by atoms with E-state index in [0.717, 1.165) is 17.7 Å². The maximum Gasteiger partial charge on any atom is 0.655 e. The molecule has 0 bridgehead atoms. The Morgan fingerprint density at radius 2 is 1.64 bits per heavy atom. The maximum absolute atomic E-state index is 14.7. The lowest BCUT2D eigenvalue weighted by molar-refractivity contribution is -0.138. The first-order chi connectivity index (χ1) is 26.3. The predicted molar refractivity (Wildman–Crippen MR) is 200 cm³/mol. The molecular weight excluding hydrogens is 714 g/mol. The van der Waals surface area contributed by atoms with E-state index in [2.05, 4.69) is 10.6 Å². The smallest absolute Gasteiger partial charge is 0.518 e. The van der Waals surface area contributed by atoms with E-state index in [9.17, 15) is 32.7 Å². The summed E-state index contributed by atoms with van der Waals surface area (Å²) in [5.41, 5.74) is -2.32. The van der Waals surface area contributed by atoms with Crippen molar-refractivity contribution in [3.05, 3.63) is 112 Å². The first kappa shape index (κ1) is 38.0. The predicted octanol–water partition coefficient (Wildman–Crippen LogP) is 4.76. The van der Waals surface area contributed by atoms with Crippen LogP contribution in [0.15, 0.2) is 83.7 Å². The molecule has 11 nitrogen and oxygen atoms in total.